The zero-order chi connectivity index (χ0) is 28.3. The van der Waals surface area contributed by atoms with E-state index in [1.807, 2.05) is 48.5 Å². The highest BCUT2D eigenvalue weighted by Gasteiger charge is 2.48. The lowest BCUT2D eigenvalue weighted by Crippen LogP contribution is -2.34. The van der Waals surface area contributed by atoms with E-state index in [1.165, 1.54) is 0 Å². The number of imidazole rings is 1. The highest BCUT2D eigenvalue weighted by atomic mass is 35.5. The summed E-state index contributed by atoms with van der Waals surface area (Å²) in [6.07, 6.45) is -1.70. The number of carbonyl (C=O) groups is 1. The molecule has 0 spiro atoms. The summed E-state index contributed by atoms with van der Waals surface area (Å²) in [5.74, 6) is -0.178. The van der Waals surface area contributed by atoms with Gasteiger partial charge in [0.1, 0.15) is 18.3 Å². The van der Waals surface area contributed by atoms with E-state index in [-0.39, 0.29) is 44.0 Å². The SMILES string of the molecule is O=C(NCCOCCO)c1ccc(-c2ccc(-c3cc4nc(O[C@@H]5CO[C@H]6[C@@H]5OC[C@H]6O)[nH]c4cc3Cl)cc2)cc1. The summed E-state index contributed by atoms with van der Waals surface area (Å²) in [6.45, 7) is 1.49. The number of carbonyl (C=O) groups excluding carboxylic acids is 1. The number of benzene rings is 3. The van der Waals surface area contributed by atoms with Crippen LogP contribution in [-0.2, 0) is 14.2 Å². The lowest BCUT2D eigenvalue weighted by molar-refractivity contribution is 0.00706. The molecule has 41 heavy (non-hydrogen) atoms. The van der Waals surface area contributed by atoms with Crippen molar-refractivity contribution in [3.05, 3.63) is 71.2 Å². The molecule has 3 heterocycles. The van der Waals surface area contributed by atoms with Gasteiger partial charge >= 0.3 is 0 Å². The van der Waals surface area contributed by atoms with Gasteiger partial charge in [-0.05, 0) is 41.0 Å². The minimum atomic E-state index is -0.641. The summed E-state index contributed by atoms with van der Waals surface area (Å²) in [4.78, 5) is 20.1. The number of amides is 1. The molecule has 0 saturated carbocycles. The number of hydrogen-bond donors (Lipinski definition) is 4. The van der Waals surface area contributed by atoms with Crippen LogP contribution < -0.4 is 10.1 Å². The van der Waals surface area contributed by atoms with Gasteiger partial charge in [-0.3, -0.25) is 4.79 Å². The number of nitrogens with one attached hydrogen (secondary N) is 2. The van der Waals surface area contributed by atoms with Gasteiger partial charge < -0.3 is 39.5 Å². The molecule has 2 saturated heterocycles. The molecular formula is C30H30ClN3O7. The Kier molecular flexibility index (Phi) is 8.20. The third kappa shape index (κ3) is 5.94. The molecule has 4 aromatic rings. The van der Waals surface area contributed by atoms with E-state index < -0.39 is 6.10 Å². The third-order valence-corrected chi connectivity index (χ3v) is 7.55. The predicted molar refractivity (Wildman–Crippen MR) is 152 cm³/mol. The van der Waals surface area contributed by atoms with Crippen LogP contribution in [0.5, 0.6) is 6.01 Å². The maximum atomic E-state index is 12.3. The Morgan fingerprint density at radius 2 is 1.71 bits per heavy atom. The van der Waals surface area contributed by atoms with E-state index >= 15 is 0 Å². The Bertz CT molecular complexity index is 1510. The van der Waals surface area contributed by atoms with Gasteiger partial charge in [0.2, 0.25) is 0 Å². The standard InChI is InChI=1S/C30H30ClN3O7/c31-22-14-24-23(33-30(34-24)41-26-16-40-27-25(36)15-39-28(26)27)13-21(22)19-5-1-17(2-6-19)18-3-7-20(8-4-18)29(37)32-9-11-38-12-10-35/h1-8,13-14,25-28,35-36H,9-12,15-16H2,(H,32,37)(H,33,34)/t25-,26-,27-,28-/m1/s1. The second-order valence-electron chi connectivity index (χ2n) is 9.96. The average Bonchev–Trinajstić information content (AvgIpc) is 3.69. The van der Waals surface area contributed by atoms with E-state index in [0.29, 0.717) is 41.9 Å². The molecule has 1 amide bonds. The minimum absolute atomic E-state index is 0.0411. The minimum Gasteiger partial charge on any atom is -0.456 e. The monoisotopic (exact) mass is 579 g/mol. The first-order valence-electron chi connectivity index (χ1n) is 13.4. The van der Waals surface area contributed by atoms with Gasteiger partial charge in [-0.15, -0.1) is 0 Å². The molecule has 0 bridgehead atoms. The number of halogens is 1. The van der Waals surface area contributed by atoms with E-state index in [1.54, 1.807) is 12.1 Å². The molecule has 0 unspecified atom stereocenters. The summed E-state index contributed by atoms with van der Waals surface area (Å²) < 4.78 is 22.4. The van der Waals surface area contributed by atoms with Crippen molar-refractivity contribution in [2.45, 2.75) is 24.4 Å². The molecule has 0 radical (unpaired) electrons. The Hall–Kier alpha value is -3.51. The topological polar surface area (TPSA) is 135 Å². The van der Waals surface area contributed by atoms with E-state index in [0.717, 1.165) is 27.8 Å². The normalized spacial score (nSPS) is 21.7. The van der Waals surface area contributed by atoms with Crippen molar-refractivity contribution in [2.24, 2.45) is 0 Å². The summed E-state index contributed by atoms with van der Waals surface area (Å²) in [7, 11) is 0. The molecule has 2 fully saturated rings. The summed E-state index contributed by atoms with van der Waals surface area (Å²) >= 11 is 6.66. The van der Waals surface area contributed by atoms with Crippen molar-refractivity contribution in [2.75, 3.05) is 39.6 Å². The van der Waals surface area contributed by atoms with Crippen molar-refractivity contribution >= 4 is 28.5 Å². The van der Waals surface area contributed by atoms with Gasteiger partial charge in [0.25, 0.3) is 11.9 Å². The number of H-pyrrole nitrogens is 1. The number of aliphatic hydroxyl groups is 2. The molecule has 11 heteroatoms. The molecule has 2 aliphatic rings. The van der Waals surface area contributed by atoms with Gasteiger partial charge in [-0.2, -0.15) is 4.98 Å². The third-order valence-electron chi connectivity index (χ3n) is 7.24. The second-order valence-corrected chi connectivity index (χ2v) is 10.4. The number of rotatable bonds is 10. The largest absolute Gasteiger partial charge is 0.456 e. The van der Waals surface area contributed by atoms with Crippen LogP contribution in [0.3, 0.4) is 0 Å². The fourth-order valence-electron chi connectivity index (χ4n) is 5.13. The molecule has 10 nitrogen and oxygen atoms in total. The smallest absolute Gasteiger partial charge is 0.295 e. The fraction of sp³-hybridized carbons (Fsp3) is 0.333. The van der Waals surface area contributed by atoms with Gasteiger partial charge in [-0.1, -0.05) is 48.0 Å². The van der Waals surface area contributed by atoms with Crippen molar-refractivity contribution in [1.82, 2.24) is 15.3 Å². The highest BCUT2D eigenvalue weighted by molar-refractivity contribution is 6.34. The average molecular weight is 580 g/mol. The first kappa shape index (κ1) is 27.6. The van der Waals surface area contributed by atoms with Crippen LogP contribution in [-0.4, -0.2) is 90.1 Å². The first-order valence-corrected chi connectivity index (χ1v) is 13.8. The zero-order valence-corrected chi connectivity index (χ0v) is 22.8. The fourth-order valence-corrected chi connectivity index (χ4v) is 5.41. The number of aliphatic hydroxyl groups excluding tert-OH is 2. The van der Waals surface area contributed by atoms with Crippen LogP contribution in [0.15, 0.2) is 60.7 Å². The Morgan fingerprint density at radius 3 is 2.46 bits per heavy atom. The van der Waals surface area contributed by atoms with Gasteiger partial charge in [0.15, 0.2) is 6.10 Å². The molecule has 3 aromatic carbocycles. The van der Waals surface area contributed by atoms with Crippen molar-refractivity contribution in [3.8, 4) is 28.3 Å². The zero-order valence-electron chi connectivity index (χ0n) is 22.1. The Morgan fingerprint density at radius 1 is 1.00 bits per heavy atom. The molecule has 4 atom stereocenters. The van der Waals surface area contributed by atoms with Gasteiger partial charge in [-0.25, -0.2) is 0 Å². The van der Waals surface area contributed by atoms with E-state index in [2.05, 4.69) is 15.3 Å². The molecule has 2 aliphatic heterocycles. The molecule has 214 valence electrons. The number of fused-ring (bicyclic) bond motifs is 2. The van der Waals surface area contributed by atoms with Crippen LogP contribution in [0.4, 0.5) is 0 Å². The van der Waals surface area contributed by atoms with Crippen LogP contribution in [0.25, 0.3) is 33.3 Å². The van der Waals surface area contributed by atoms with Crippen LogP contribution in [0.1, 0.15) is 10.4 Å². The maximum absolute atomic E-state index is 12.3. The lowest BCUT2D eigenvalue weighted by Gasteiger charge is -2.15. The number of nitrogens with zero attached hydrogens (tertiary/aromatic N) is 1. The highest BCUT2D eigenvalue weighted by Crippen LogP contribution is 2.35. The summed E-state index contributed by atoms with van der Waals surface area (Å²) in [5, 5.41) is 22.1. The van der Waals surface area contributed by atoms with Crippen LogP contribution in [0, 0.1) is 0 Å². The van der Waals surface area contributed by atoms with Crippen LogP contribution in [0.2, 0.25) is 5.02 Å². The van der Waals surface area contributed by atoms with Crippen molar-refractivity contribution in [1.29, 1.82) is 0 Å². The summed E-state index contributed by atoms with van der Waals surface area (Å²) in [5.41, 5.74) is 5.77. The number of aromatic amines is 1. The molecule has 1 aromatic heterocycles. The van der Waals surface area contributed by atoms with E-state index in [4.69, 9.17) is 35.7 Å². The molecule has 0 aliphatic carbocycles. The van der Waals surface area contributed by atoms with E-state index in [9.17, 15) is 9.90 Å². The Labute approximate surface area is 241 Å². The molecule has 6 rings (SSSR count). The lowest BCUT2D eigenvalue weighted by atomic mass is 9.99. The number of hydrogen-bond acceptors (Lipinski definition) is 8. The second kappa shape index (κ2) is 12.2. The van der Waals surface area contributed by atoms with Crippen molar-refractivity contribution in [3.63, 3.8) is 0 Å². The van der Waals surface area contributed by atoms with Gasteiger partial charge in [0, 0.05) is 17.7 Å². The number of ether oxygens (including phenoxy) is 4. The molecular weight excluding hydrogens is 550 g/mol. The quantitative estimate of drug-likeness (QED) is 0.210. The van der Waals surface area contributed by atoms with Gasteiger partial charge in [0.05, 0.1) is 49.1 Å². The first-order chi connectivity index (χ1) is 20.0. The molecule has 4 N–H and O–H groups in total. The maximum Gasteiger partial charge on any atom is 0.295 e. The van der Waals surface area contributed by atoms with Crippen LogP contribution >= 0.6 is 11.6 Å². The van der Waals surface area contributed by atoms with Crippen molar-refractivity contribution < 1.29 is 34.0 Å². The predicted octanol–water partition coefficient (Wildman–Crippen LogP) is 3.19. The summed E-state index contributed by atoms with van der Waals surface area (Å²) in [6, 6.07) is 19.5. The number of aromatic nitrogens is 2. The Balaban J connectivity index is 1.12.